The Morgan fingerprint density at radius 2 is 2.25 bits per heavy atom. The van der Waals surface area contributed by atoms with Crippen LogP contribution in [0.5, 0.6) is 0 Å². The van der Waals surface area contributed by atoms with Gasteiger partial charge in [-0.1, -0.05) is 0 Å². The smallest absolute Gasteiger partial charge is 0.330 e. The molecule has 0 saturated carbocycles. The average molecular weight is 196 g/mol. The maximum absolute atomic E-state index is 10.9. The second-order valence-corrected chi connectivity index (χ2v) is 4.04. The van der Waals surface area contributed by atoms with Gasteiger partial charge < -0.3 is 14.4 Å². The molecule has 1 unspecified atom stereocenters. The zero-order valence-electron chi connectivity index (χ0n) is 6.93. The standard InChI is InChI=1S/C6H13O5P/c1-2-10-6-11-12(8,9)5-3-4-7/h4H,2-3,5-6H2,1H3,(H,8,9). The van der Waals surface area contributed by atoms with Crippen LogP contribution in [-0.2, 0) is 18.6 Å². The second-order valence-electron chi connectivity index (χ2n) is 2.06. The van der Waals surface area contributed by atoms with Gasteiger partial charge in [0, 0.05) is 13.0 Å². The summed E-state index contributed by atoms with van der Waals surface area (Å²) >= 11 is 0. The molecule has 1 N–H and O–H groups in total. The summed E-state index contributed by atoms with van der Waals surface area (Å²) in [6.07, 6.45) is 0.455. The van der Waals surface area contributed by atoms with Crippen LogP contribution in [0.1, 0.15) is 13.3 Å². The Bertz CT molecular complexity index is 169. The minimum absolute atomic E-state index is 0.0277. The van der Waals surface area contributed by atoms with Gasteiger partial charge in [-0.15, -0.1) is 0 Å². The summed E-state index contributed by atoms with van der Waals surface area (Å²) in [5, 5.41) is 0. The van der Waals surface area contributed by atoms with Gasteiger partial charge in [-0.25, -0.2) is 0 Å². The summed E-state index contributed by atoms with van der Waals surface area (Å²) in [5.41, 5.74) is 0. The highest BCUT2D eigenvalue weighted by atomic mass is 31.2. The Kier molecular flexibility index (Phi) is 6.20. The van der Waals surface area contributed by atoms with Crippen molar-refractivity contribution < 1.29 is 23.5 Å². The first kappa shape index (κ1) is 11.8. The molecule has 0 spiro atoms. The molecule has 0 amide bonds. The minimum Gasteiger partial charge on any atom is -0.355 e. The molecule has 72 valence electrons. The number of rotatable bonds is 7. The molecule has 12 heavy (non-hydrogen) atoms. The van der Waals surface area contributed by atoms with E-state index in [2.05, 4.69) is 4.52 Å². The lowest BCUT2D eigenvalue weighted by Gasteiger charge is -2.09. The lowest BCUT2D eigenvalue weighted by Crippen LogP contribution is -2.00. The molecule has 0 rings (SSSR count). The van der Waals surface area contributed by atoms with Gasteiger partial charge in [0.15, 0.2) is 6.79 Å². The van der Waals surface area contributed by atoms with E-state index >= 15 is 0 Å². The van der Waals surface area contributed by atoms with Gasteiger partial charge in [-0.3, -0.25) is 9.09 Å². The summed E-state index contributed by atoms with van der Waals surface area (Å²) in [6.45, 7) is 1.97. The maximum Gasteiger partial charge on any atom is 0.330 e. The van der Waals surface area contributed by atoms with E-state index < -0.39 is 7.60 Å². The van der Waals surface area contributed by atoms with Crippen LogP contribution in [0, 0.1) is 0 Å². The van der Waals surface area contributed by atoms with Gasteiger partial charge >= 0.3 is 7.60 Å². The predicted octanol–water partition coefficient (Wildman–Crippen LogP) is 0.771. The number of ether oxygens (including phenoxy) is 1. The number of aldehydes is 1. The van der Waals surface area contributed by atoms with Crippen LogP contribution in [0.4, 0.5) is 0 Å². The number of carbonyl (C=O) groups is 1. The summed E-state index contributed by atoms with van der Waals surface area (Å²) in [7, 11) is -3.60. The van der Waals surface area contributed by atoms with Crippen molar-refractivity contribution in [2.24, 2.45) is 0 Å². The molecule has 0 aromatic carbocycles. The first-order valence-corrected chi connectivity index (χ1v) is 5.36. The van der Waals surface area contributed by atoms with Gasteiger partial charge in [0.05, 0.1) is 6.16 Å². The van der Waals surface area contributed by atoms with E-state index in [0.29, 0.717) is 12.9 Å². The Morgan fingerprint density at radius 3 is 2.75 bits per heavy atom. The maximum atomic E-state index is 10.9. The molecule has 0 radical (unpaired) electrons. The van der Waals surface area contributed by atoms with Crippen molar-refractivity contribution >= 4 is 13.9 Å². The molecule has 0 aromatic heterocycles. The highest BCUT2D eigenvalue weighted by molar-refractivity contribution is 7.52. The topological polar surface area (TPSA) is 72.8 Å². The Balaban J connectivity index is 3.56. The van der Waals surface area contributed by atoms with Gasteiger partial charge in [0.2, 0.25) is 0 Å². The third-order valence-electron chi connectivity index (χ3n) is 1.07. The van der Waals surface area contributed by atoms with Crippen LogP contribution in [0.15, 0.2) is 0 Å². The summed E-state index contributed by atoms with van der Waals surface area (Å²) < 4.78 is 20.2. The Morgan fingerprint density at radius 1 is 1.58 bits per heavy atom. The van der Waals surface area contributed by atoms with E-state index in [4.69, 9.17) is 9.63 Å². The van der Waals surface area contributed by atoms with Crippen molar-refractivity contribution in [2.75, 3.05) is 19.6 Å². The van der Waals surface area contributed by atoms with Crippen molar-refractivity contribution in [1.29, 1.82) is 0 Å². The molecule has 0 aromatic rings. The molecular formula is C6H13O5P. The number of hydrogen-bond acceptors (Lipinski definition) is 4. The van der Waals surface area contributed by atoms with Crippen molar-refractivity contribution in [3.05, 3.63) is 0 Å². The fourth-order valence-corrected chi connectivity index (χ4v) is 1.28. The lowest BCUT2D eigenvalue weighted by atomic mass is 10.6. The zero-order valence-corrected chi connectivity index (χ0v) is 7.83. The first-order chi connectivity index (χ1) is 5.62. The van der Waals surface area contributed by atoms with E-state index in [-0.39, 0.29) is 19.4 Å². The van der Waals surface area contributed by atoms with Crippen LogP contribution in [0.2, 0.25) is 0 Å². The van der Waals surface area contributed by atoms with Crippen molar-refractivity contribution in [2.45, 2.75) is 13.3 Å². The molecule has 0 bridgehead atoms. The monoisotopic (exact) mass is 196 g/mol. The third kappa shape index (κ3) is 6.49. The lowest BCUT2D eigenvalue weighted by molar-refractivity contribution is -0.107. The van der Waals surface area contributed by atoms with Gasteiger partial charge in [0.25, 0.3) is 0 Å². The second kappa shape index (κ2) is 6.31. The number of carbonyl (C=O) groups excluding carboxylic acids is 1. The molecule has 0 aliphatic heterocycles. The van der Waals surface area contributed by atoms with Crippen LogP contribution in [0.3, 0.4) is 0 Å². The molecule has 0 aliphatic rings. The summed E-state index contributed by atoms with van der Waals surface area (Å²) in [5.74, 6) is 0. The normalized spacial score (nSPS) is 15.5. The molecule has 5 nitrogen and oxygen atoms in total. The fourth-order valence-electron chi connectivity index (χ4n) is 0.483. The van der Waals surface area contributed by atoms with Gasteiger partial charge in [0.1, 0.15) is 6.29 Å². The zero-order chi connectivity index (χ0) is 9.45. The quantitative estimate of drug-likeness (QED) is 0.282. The predicted molar refractivity (Wildman–Crippen MR) is 43.0 cm³/mol. The van der Waals surface area contributed by atoms with E-state index in [1.165, 1.54) is 0 Å². The van der Waals surface area contributed by atoms with Crippen LogP contribution in [-0.4, -0.2) is 30.7 Å². The van der Waals surface area contributed by atoms with Crippen molar-refractivity contribution in [3.63, 3.8) is 0 Å². The van der Waals surface area contributed by atoms with E-state index in [1.54, 1.807) is 6.92 Å². The SMILES string of the molecule is CCOCOP(=O)(O)CCC=O. The summed E-state index contributed by atoms with van der Waals surface area (Å²) in [6, 6.07) is 0. The Hall–Kier alpha value is -0.220. The molecule has 0 heterocycles. The molecule has 0 fully saturated rings. The molecule has 6 heteroatoms. The molecular weight excluding hydrogens is 183 g/mol. The van der Waals surface area contributed by atoms with Crippen molar-refractivity contribution in [1.82, 2.24) is 0 Å². The highest BCUT2D eigenvalue weighted by Gasteiger charge is 2.17. The molecule has 0 aliphatic carbocycles. The summed E-state index contributed by atoms with van der Waals surface area (Å²) in [4.78, 5) is 18.8. The largest absolute Gasteiger partial charge is 0.355 e. The number of hydrogen-bond donors (Lipinski definition) is 1. The van der Waals surface area contributed by atoms with E-state index in [1.807, 2.05) is 0 Å². The van der Waals surface area contributed by atoms with Crippen molar-refractivity contribution in [3.8, 4) is 0 Å². The highest BCUT2D eigenvalue weighted by Crippen LogP contribution is 2.41. The van der Waals surface area contributed by atoms with E-state index in [0.717, 1.165) is 0 Å². The van der Waals surface area contributed by atoms with Gasteiger partial charge in [-0.05, 0) is 6.92 Å². The minimum atomic E-state index is -3.60. The average Bonchev–Trinajstić information content (AvgIpc) is 2.01. The molecule has 1 atom stereocenters. The Labute approximate surface area is 71.2 Å². The van der Waals surface area contributed by atoms with Crippen LogP contribution < -0.4 is 0 Å². The first-order valence-electron chi connectivity index (χ1n) is 3.60. The van der Waals surface area contributed by atoms with Crippen LogP contribution in [0.25, 0.3) is 0 Å². The van der Waals surface area contributed by atoms with Gasteiger partial charge in [-0.2, -0.15) is 0 Å². The van der Waals surface area contributed by atoms with Crippen LogP contribution >= 0.6 is 7.60 Å². The fraction of sp³-hybridized carbons (Fsp3) is 0.833. The molecule has 0 saturated heterocycles. The van der Waals surface area contributed by atoms with E-state index in [9.17, 15) is 9.36 Å². The third-order valence-corrected chi connectivity index (χ3v) is 2.40.